The lowest BCUT2D eigenvalue weighted by Gasteiger charge is -2.25. The van der Waals surface area contributed by atoms with E-state index in [-0.39, 0.29) is 23.7 Å². The van der Waals surface area contributed by atoms with Crippen LogP contribution >= 0.6 is 11.8 Å². The van der Waals surface area contributed by atoms with Crippen molar-refractivity contribution < 1.29 is 27.4 Å². The average molecular weight is 466 g/mol. The second-order valence-corrected chi connectivity index (χ2v) is 8.40. The van der Waals surface area contributed by atoms with Gasteiger partial charge in [-0.05, 0) is 32.0 Å². The number of carbonyl (C=O) groups is 1. The molecular weight excluding hydrogens is 445 g/mol. The van der Waals surface area contributed by atoms with Gasteiger partial charge in [0.1, 0.15) is 13.2 Å². The fourth-order valence-electron chi connectivity index (χ4n) is 3.59. The Morgan fingerprint density at radius 2 is 1.94 bits per heavy atom. The number of nitrogens with zero attached hydrogens (tertiary/aromatic N) is 4. The van der Waals surface area contributed by atoms with Gasteiger partial charge in [-0.3, -0.25) is 4.79 Å². The highest BCUT2D eigenvalue weighted by Gasteiger charge is 2.31. The summed E-state index contributed by atoms with van der Waals surface area (Å²) < 4.78 is 53.0. The number of hydrogen-bond donors (Lipinski definition) is 0. The summed E-state index contributed by atoms with van der Waals surface area (Å²) in [5, 5.41) is 8.83. The number of aryl methyl sites for hydroxylation is 1. The molecule has 0 amide bonds. The highest BCUT2D eigenvalue weighted by atomic mass is 32.2. The van der Waals surface area contributed by atoms with E-state index in [1.807, 2.05) is 18.2 Å². The molecule has 4 rings (SSSR count). The van der Waals surface area contributed by atoms with E-state index in [0.29, 0.717) is 33.9 Å². The Hall–Kier alpha value is -2.95. The highest BCUT2D eigenvalue weighted by Crippen LogP contribution is 2.36. The van der Waals surface area contributed by atoms with Gasteiger partial charge in [-0.25, -0.2) is 0 Å². The maximum absolute atomic E-state index is 12.8. The van der Waals surface area contributed by atoms with Crippen LogP contribution in [-0.2, 0) is 13.6 Å². The number of alkyl halides is 3. The zero-order valence-electron chi connectivity index (χ0n) is 17.6. The zero-order chi connectivity index (χ0) is 23.0. The molecule has 7 nitrogen and oxygen atoms in total. The molecule has 3 aromatic rings. The summed E-state index contributed by atoms with van der Waals surface area (Å²) in [6, 6.07) is 8.83. The average Bonchev–Trinajstić information content (AvgIpc) is 3.25. The third-order valence-corrected chi connectivity index (χ3v) is 6.23. The summed E-state index contributed by atoms with van der Waals surface area (Å²) in [4.78, 5) is 12.7. The number of para-hydroxylation sites is 2. The van der Waals surface area contributed by atoms with Gasteiger partial charge in [0.2, 0.25) is 0 Å². The highest BCUT2D eigenvalue weighted by molar-refractivity contribution is 7.99. The van der Waals surface area contributed by atoms with Gasteiger partial charge in [0.25, 0.3) is 0 Å². The van der Waals surface area contributed by atoms with Crippen LogP contribution in [0.5, 0.6) is 11.5 Å². The van der Waals surface area contributed by atoms with Crippen LogP contribution in [0, 0.1) is 13.8 Å². The minimum atomic E-state index is -4.36. The Bertz CT molecular complexity index is 1160. The van der Waals surface area contributed by atoms with E-state index in [2.05, 4.69) is 10.2 Å². The molecule has 1 atom stereocenters. The number of carbonyl (C=O) groups excluding carboxylic acids is 1. The summed E-state index contributed by atoms with van der Waals surface area (Å²) in [7, 11) is 1.77. The van der Waals surface area contributed by atoms with Crippen molar-refractivity contribution in [3.05, 3.63) is 53.1 Å². The summed E-state index contributed by atoms with van der Waals surface area (Å²) in [6.07, 6.45) is -4.81. The lowest BCUT2D eigenvalue weighted by Crippen LogP contribution is -2.24. The Kier molecular flexibility index (Phi) is 5.93. The molecule has 0 saturated heterocycles. The summed E-state index contributed by atoms with van der Waals surface area (Å²) >= 11 is 1.17. The molecule has 1 aromatic carbocycles. The van der Waals surface area contributed by atoms with Crippen LogP contribution in [0.1, 0.15) is 33.7 Å². The quantitative estimate of drug-likeness (QED) is 0.399. The van der Waals surface area contributed by atoms with Gasteiger partial charge in [0.05, 0.1) is 5.75 Å². The van der Waals surface area contributed by atoms with Crippen molar-refractivity contribution >= 4 is 17.5 Å². The van der Waals surface area contributed by atoms with E-state index in [9.17, 15) is 18.0 Å². The van der Waals surface area contributed by atoms with E-state index >= 15 is 0 Å². The fraction of sp³-hybridized carbons (Fsp3) is 0.381. The molecule has 3 heterocycles. The largest absolute Gasteiger partial charge is 0.485 e. The van der Waals surface area contributed by atoms with Crippen molar-refractivity contribution in [2.45, 2.75) is 37.8 Å². The molecule has 0 unspecified atom stereocenters. The van der Waals surface area contributed by atoms with Crippen molar-refractivity contribution in [1.82, 2.24) is 19.3 Å². The number of rotatable bonds is 6. The topological polar surface area (TPSA) is 71.2 Å². The fourth-order valence-corrected chi connectivity index (χ4v) is 4.39. The number of aromatic nitrogens is 4. The summed E-state index contributed by atoms with van der Waals surface area (Å²) in [5.41, 5.74) is 0.974. The number of thioether (sulfide) groups is 1. The molecule has 1 aliphatic rings. The van der Waals surface area contributed by atoms with Crippen LogP contribution < -0.4 is 9.47 Å². The standard InChI is InChI=1S/C21H21F3N4O3S/c1-12-8-14(13(2)28(12)11-21(22,23)24)15(29)10-32-20-26-25-19(27(20)3)18-9-30-16-6-4-5-7-17(16)31-18/h4-8,18H,9-11H2,1-3H3/t18-/m0/s1. The number of halogens is 3. The van der Waals surface area contributed by atoms with Crippen molar-refractivity contribution in [2.75, 3.05) is 12.4 Å². The van der Waals surface area contributed by atoms with E-state index in [1.54, 1.807) is 24.6 Å². The van der Waals surface area contributed by atoms with E-state index in [4.69, 9.17) is 9.47 Å². The van der Waals surface area contributed by atoms with Crippen LogP contribution in [0.25, 0.3) is 0 Å². The van der Waals surface area contributed by atoms with Crippen LogP contribution in [-0.4, -0.2) is 43.7 Å². The maximum atomic E-state index is 12.8. The lowest BCUT2D eigenvalue weighted by molar-refractivity contribution is -0.141. The molecule has 11 heteroatoms. The molecule has 0 radical (unpaired) electrons. The number of fused-ring (bicyclic) bond motifs is 1. The summed E-state index contributed by atoms with van der Waals surface area (Å²) in [6.45, 7) is 2.24. The second-order valence-electron chi connectivity index (χ2n) is 7.46. The molecule has 0 bridgehead atoms. The van der Waals surface area contributed by atoms with Gasteiger partial charge in [-0.2, -0.15) is 13.2 Å². The van der Waals surface area contributed by atoms with Crippen LogP contribution in [0.3, 0.4) is 0 Å². The molecule has 2 aromatic heterocycles. The first-order valence-electron chi connectivity index (χ1n) is 9.81. The SMILES string of the molecule is Cc1cc(C(=O)CSc2nnc([C@@H]3COc4ccccc4O3)n2C)c(C)n1CC(F)(F)F. The van der Waals surface area contributed by atoms with Crippen molar-refractivity contribution in [2.24, 2.45) is 7.05 Å². The van der Waals surface area contributed by atoms with Crippen LogP contribution in [0.15, 0.2) is 35.5 Å². The third kappa shape index (κ3) is 4.47. The summed E-state index contributed by atoms with van der Waals surface area (Å²) in [5.74, 6) is 1.58. The molecule has 32 heavy (non-hydrogen) atoms. The zero-order valence-corrected chi connectivity index (χ0v) is 18.5. The van der Waals surface area contributed by atoms with Crippen LogP contribution in [0.2, 0.25) is 0 Å². The molecule has 0 N–H and O–H groups in total. The minimum absolute atomic E-state index is 0.0210. The number of hydrogen-bond acceptors (Lipinski definition) is 6. The Morgan fingerprint density at radius 3 is 2.66 bits per heavy atom. The first-order valence-corrected chi connectivity index (χ1v) is 10.8. The van der Waals surface area contributed by atoms with Crippen LogP contribution in [0.4, 0.5) is 13.2 Å². The van der Waals surface area contributed by atoms with Gasteiger partial charge in [0.15, 0.2) is 34.4 Å². The Balaban J connectivity index is 1.44. The van der Waals surface area contributed by atoms with Gasteiger partial charge in [-0.15, -0.1) is 10.2 Å². The van der Waals surface area contributed by atoms with Gasteiger partial charge >= 0.3 is 6.18 Å². The predicted molar refractivity (Wildman–Crippen MR) is 111 cm³/mol. The molecule has 0 fully saturated rings. The molecule has 170 valence electrons. The lowest BCUT2D eigenvalue weighted by atomic mass is 10.2. The molecule has 1 aliphatic heterocycles. The van der Waals surface area contributed by atoms with Gasteiger partial charge in [-0.1, -0.05) is 23.9 Å². The van der Waals surface area contributed by atoms with E-state index in [0.717, 1.165) is 4.57 Å². The molecule has 0 aliphatic carbocycles. The number of Topliss-reactive ketones (excluding diaryl/α,β-unsaturated/α-hetero) is 1. The third-order valence-electron chi connectivity index (χ3n) is 5.21. The maximum Gasteiger partial charge on any atom is 0.406 e. The molecule has 0 saturated carbocycles. The molecule has 0 spiro atoms. The predicted octanol–water partition coefficient (Wildman–Crippen LogP) is 4.28. The normalized spacial score (nSPS) is 15.8. The number of benzene rings is 1. The van der Waals surface area contributed by atoms with E-state index < -0.39 is 18.8 Å². The number of ketones is 1. The minimum Gasteiger partial charge on any atom is -0.485 e. The smallest absolute Gasteiger partial charge is 0.406 e. The van der Waals surface area contributed by atoms with Gasteiger partial charge in [0, 0.05) is 24.0 Å². The first-order chi connectivity index (χ1) is 15.1. The van der Waals surface area contributed by atoms with E-state index in [1.165, 1.54) is 24.8 Å². The Labute approximate surface area is 186 Å². The van der Waals surface area contributed by atoms with Gasteiger partial charge < -0.3 is 18.6 Å². The molecular formula is C21H21F3N4O3S. The first kappa shape index (κ1) is 22.3. The number of ether oxygens (including phenoxy) is 2. The monoisotopic (exact) mass is 466 g/mol. The van der Waals surface area contributed by atoms with Crippen molar-refractivity contribution in [3.8, 4) is 11.5 Å². The van der Waals surface area contributed by atoms with Crippen molar-refractivity contribution in [3.63, 3.8) is 0 Å². The second kappa shape index (κ2) is 8.53. The Morgan fingerprint density at radius 1 is 1.22 bits per heavy atom. The van der Waals surface area contributed by atoms with Crippen molar-refractivity contribution in [1.29, 1.82) is 0 Å².